The number of furan rings is 1. The van der Waals surface area contributed by atoms with E-state index in [4.69, 9.17) is 4.42 Å². The number of hydrogen-bond donors (Lipinski definition) is 0. The molecule has 0 saturated heterocycles. The molecule has 1 aromatic heterocycles. The highest BCUT2D eigenvalue weighted by Crippen LogP contribution is 2.33. The Balaban J connectivity index is 1.80. The lowest BCUT2D eigenvalue weighted by Crippen LogP contribution is -2.04. The largest absolute Gasteiger partial charge is 0.455 e. The molecule has 0 aliphatic carbocycles. The normalized spacial score (nSPS) is 11.2. The lowest BCUT2D eigenvalue weighted by molar-refractivity contribution is -0.137. The summed E-state index contributed by atoms with van der Waals surface area (Å²) in [5.74, 6) is 6.68. The molecular weight excluding hydrogens is 349 g/mol. The van der Waals surface area contributed by atoms with E-state index in [9.17, 15) is 13.2 Å². The average Bonchev–Trinajstić information content (AvgIpc) is 3.05. The third-order valence-electron chi connectivity index (χ3n) is 4.18. The maximum absolute atomic E-state index is 12.7. The summed E-state index contributed by atoms with van der Waals surface area (Å²) >= 11 is 0. The Morgan fingerprint density at radius 3 is 2.07 bits per heavy atom. The highest BCUT2D eigenvalue weighted by molar-refractivity contribution is 5.91. The smallest absolute Gasteiger partial charge is 0.416 e. The predicted molar refractivity (Wildman–Crippen MR) is 99.1 cm³/mol. The highest BCUT2D eigenvalue weighted by Gasteiger charge is 2.29. The van der Waals surface area contributed by atoms with Crippen LogP contribution in [0.3, 0.4) is 0 Å². The van der Waals surface area contributed by atoms with E-state index in [1.54, 1.807) is 0 Å². The topological polar surface area (TPSA) is 13.1 Å². The molecule has 4 heteroatoms. The zero-order valence-corrected chi connectivity index (χ0v) is 14.0. The molecule has 1 nitrogen and oxygen atoms in total. The van der Waals surface area contributed by atoms with Gasteiger partial charge >= 0.3 is 6.18 Å². The zero-order valence-electron chi connectivity index (χ0n) is 14.0. The van der Waals surface area contributed by atoms with Crippen molar-refractivity contribution < 1.29 is 17.6 Å². The first-order valence-electron chi connectivity index (χ1n) is 8.28. The molecule has 0 unspecified atom stereocenters. The van der Waals surface area contributed by atoms with Crippen LogP contribution in [0.1, 0.15) is 16.7 Å². The van der Waals surface area contributed by atoms with Gasteiger partial charge in [0.2, 0.25) is 0 Å². The van der Waals surface area contributed by atoms with Crippen molar-refractivity contribution in [3.05, 3.63) is 95.6 Å². The molecule has 0 aliphatic heterocycles. The Bertz CT molecular complexity index is 1140. The van der Waals surface area contributed by atoms with Crippen LogP contribution in [0, 0.1) is 11.8 Å². The van der Waals surface area contributed by atoms with Crippen molar-refractivity contribution in [2.24, 2.45) is 0 Å². The van der Waals surface area contributed by atoms with Crippen LogP contribution in [0.5, 0.6) is 0 Å². The molecule has 27 heavy (non-hydrogen) atoms. The van der Waals surface area contributed by atoms with Gasteiger partial charge in [-0.05, 0) is 36.4 Å². The van der Waals surface area contributed by atoms with Gasteiger partial charge in [-0.1, -0.05) is 54.3 Å². The Hall–Kier alpha value is -3.45. The van der Waals surface area contributed by atoms with Gasteiger partial charge in [-0.2, -0.15) is 13.2 Å². The fourth-order valence-electron chi connectivity index (χ4n) is 2.84. The summed E-state index contributed by atoms with van der Waals surface area (Å²) in [5, 5.41) is 0.871. The minimum absolute atomic E-state index is 0.507. The minimum atomic E-state index is -4.35. The second-order valence-electron chi connectivity index (χ2n) is 5.99. The van der Waals surface area contributed by atoms with Crippen molar-refractivity contribution in [1.29, 1.82) is 0 Å². The molecule has 0 spiro atoms. The van der Waals surface area contributed by atoms with Gasteiger partial charge in [0, 0.05) is 16.5 Å². The fourth-order valence-corrected chi connectivity index (χ4v) is 2.84. The first-order chi connectivity index (χ1) is 13.0. The van der Waals surface area contributed by atoms with Gasteiger partial charge in [0.05, 0.1) is 11.1 Å². The Labute approximate surface area is 154 Å². The molecule has 0 fully saturated rings. The van der Waals surface area contributed by atoms with Crippen LogP contribution in [0.15, 0.2) is 83.3 Å². The minimum Gasteiger partial charge on any atom is -0.455 e. The van der Waals surface area contributed by atoms with E-state index in [0.717, 1.165) is 28.6 Å². The number of halogens is 3. The summed E-state index contributed by atoms with van der Waals surface area (Å²) in [6.45, 7) is 0. The number of para-hydroxylation sites is 1. The van der Waals surface area contributed by atoms with Gasteiger partial charge in [-0.3, -0.25) is 0 Å². The molecule has 1 heterocycles. The lowest BCUT2D eigenvalue weighted by Gasteiger charge is -2.05. The molecule has 0 aliphatic rings. The van der Waals surface area contributed by atoms with E-state index in [1.807, 2.05) is 54.6 Å². The van der Waals surface area contributed by atoms with Crippen LogP contribution in [0.25, 0.3) is 22.3 Å². The lowest BCUT2D eigenvalue weighted by atomic mass is 10.1. The molecule has 0 bridgehead atoms. The summed E-state index contributed by atoms with van der Waals surface area (Å²) < 4.78 is 44.1. The molecule has 0 atom stereocenters. The summed E-state index contributed by atoms with van der Waals surface area (Å²) in [5.41, 5.74) is 2.15. The number of hydrogen-bond acceptors (Lipinski definition) is 1. The van der Waals surface area contributed by atoms with Gasteiger partial charge in [0.25, 0.3) is 0 Å². The molecule has 4 aromatic rings. The first kappa shape index (κ1) is 17.0. The van der Waals surface area contributed by atoms with Gasteiger partial charge < -0.3 is 4.42 Å². The zero-order chi connectivity index (χ0) is 18.9. The Kier molecular flexibility index (Phi) is 4.21. The van der Waals surface area contributed by atoms with E-state index in [-0.39, 0.29) is 0 Å². The average molecular weight is 362 g/mol. The molecule has 0 amide bonds. The second-order valence-corrected chi connectivity index (χ2v) is 5.99. The van der Waals surface area contributed by atoms with Crippen molar-refractivity contribution in [3.8, 4) is 23.2 Å². The highest BCUT2D eigenvalue weighted by atomic mass is 19.4. The summed E-state index contributed by atoms with van der Waals surface area (Å²) in [6.07, 6.45) is -4.35. The van der Waals surface area contributed by atoms with Gasteiger partial charge in [0.15, 0.2) is 5.76 Å². The number of benzene rings is 3. The van der Waals surface area contributed by atoms with Crippen molar-refractivity contribution in [2.75, 3.05) is 0 Å². The second kappa shape index (κ2) is 6.69. The van der Waals surface area contributed by atoms with E-state index in [1.165, 1.54) is 12.1 Å². The van der Waals surface area contributed by atoms with E-state index >= 15 is 0 Å². The number of fused-ring (bicyclic) bond motifs is 1. The third kappa shape index (κ3) is 3.45. The van der Waals surface area contributed by atoms with Crippen molar-refractivity contribution in [3.63, 3.8) is 0 Å². The van der Waals surface area contributed by atoms with Crippen LogP contribution >= 0.6 is 0 Å². The Morgan fingerprint density at radius 2 is 1.37 bits per heavy atom. The van der Waals surface area contributed by atoms with Crippen LogP contribution in [0.2, 0.25) is 0 Å². The predicted octanol–water partition coefficient (Wildman–Crippen LogP) is 6.52. The number of rotatable bonds is 1. The maximum atomic E-state index is 12.7. The van der Waals surface area contributed by atoms with Crippen molar-refractivity contribution >= 4 is 11.0 Å². The molecule has 132 valence electrons. The van der Waals surface area contributed by atoms with Crippen LogP contribution in [-0.2, 0) is 6.18 Å². The van der Waals surface area contributed by atoms with Crippen LogP contribution in [0.4, 0.5) is 13.2 Å². The maximum Gasteiger partial charge on any atom is 0.416 e. The molecular formula is C23H13F3O. The summed E-state index contributed by atoms with van der Waals surface area (Å²) in [7, 11) is 0. The first-order valence-corrected chi connectivity index (χ1v) is 8.28. The van der Waals surface area contributed by atoms with Gasteiger partial charge in [-0.15, -0.1) is 0 Å². The van der Waals surface area contributed by atoms with E-state index < -0.39 is 11.7 Å². The fraction of sp³-hybridized carbons (Fsp3) is 0.0435. The standard InChI is InChI=1S/C23H13F3O/c24-23(25,26)18-13-10-16(11-14-18)12-15-20-19-8-4-5-9-21(19)27-22(20)17-6-2-1-3-7-17/h1-11,13-14H. The summed E-state index contributed by atoms with van der Waals surface area (Å²) in [4.78, 5) is 0. The summed E-state index contributed by atoms with van der Waals surface area (Å²) in [6, 6.07) is 22.0. The molecule has 0 N–H and O–H groups in total. The van der Waals surface area contributed by atoms with Crippen molar-refractivity contribution in [1.82, 2.24) is 0 Å². The molecule has 0 saturated carbocycles. The molecule has 0 radical (unpaired) electrons. The van der Waals surface area contributed by atoms with Gasteiger partial charge in [-0.25, -0.2) is 0 Å². The number of alkyl halides is 3. The quantitative estimate of drug-likeness (QED) is 0.351. The van der Waals surface area contributed by atoms with E-state index in [0.29, 0.717) is 16.9 Å². The van der Waals surface area contributed by atoms with E-state index in [2.05, 4.69) is 11.8 Å². The Morgan fingerprint density at radius 1 is 0.704 bits per heavy atom. The monoisotopic (exact) mass is 362 g/mol. The van der Waals surface area contributed by atoms with Crippen LogP contribution in [-0.4, -0.2) is 0 Å². The molecule has 4 rings (SSSR count). The van der Waals surface area contributed by atoms with Crippen molar-refractivity contribution in [2.45, 2.75) is 6.18 Å². The SMILES string of the molecule is FC(F)(F)c1ccc(C#Cc2c(-c3ccccc3)oc3ccccc23)cc1. The van der Waals surface area contributed by atoms with Crippen LogP contribution < -0.4 is 0 Å². The third-order valence-corrected chi connectivity index (χ3v) is 4.18. The molecule has 3 aromatic carbocycles. The van der Waals surface area contributed by atoms with Gasteiger partial charge in [0.1, 0.15) is 5.58 Å².